The minimum absolute atomic E-state index is 0.385. The molecule has 0 amide bonds. The van der Waals surface area contributed by atoms with Crippen molar-refractivity contribution in [2.24, 2.45) is 5.73 Å². The van der Waals surface area contributed by atoms with Crippen molar-refractivity contribution in [2.75, 3.05) is 23.0 Å². The summed E-state index contributed by atoms with van der Waals surface area (Å²) in [5, 5.41) is 8.10. The van der Waals surface area contributed by atoms with E-state index in [1.54, 1.807) is 6.20 Å². The molecule has 16 heavy (non-hydrogen) atoms. The van der Waals surface area contributed by atoms with Gasteiger partial charge >= 0.3 is 0 Å². The van der Waals surface area contributed by atoms with Crippen molar-refractivity contribution >= 4 is 34.8 Å². The summed E-state index contributed by atoms with van der Waals surface area (Å²) in [5.74, 6) is 3.04. The number of nitrogens with zero attached hydrogens (tertiary/aromatic N) is 3. The summed E-state index contributed by atoms with van der Waals surface area (Å²) in [5.41, 5.74) is 6.52. The van der Waals surface area contributed by atoms with Crippen molar-refractivity contribution in [1.82, 2.24) is 10.2 Å². The summed E-state index contributed by atoms with van der Waals surface area (Å²) in [6.45, 7) is 3.16. The van der Waals surface area contributed by atoms with E-state index in [2.05, 4.69) is 22.0 Å². The van der Waals surface area contributed by atoms with Crippen molar-refractivity contribution in [3.8, 4) is 0 Å². The van der Waals surface area contributed by atoms with Crippen molar-refractivity contribution in [3.05, 3.63) is 17.8 Å². The van der Waals surface area contributed by atoms with Crippen LogP contribution in [0, 0.1) is 0 Å². The fourth-order valence-electron chi connectivity index (χ4n) is 1.77. The second-order valence-electron chi connectivity index (χ2n) is 3.75. The van der Waals surface area contributed by atoms with Crippen LogP contribution in [0.3, 0.4) is 0 Å². The normalized spacial score (nSPS) is 20.8. The predicted molar refractivity (Wildman–Crippen MR) is 72.1 cm³/mol. The Morgan fingerprint density at radius 2 is 2.50 bits per heavy atom. The van der Waals surface area contributed by atoms with Crippen LogP contribution in [0.5, 0.6) is 0 Å². The summed E-state index contributed by atoms with van der Waals surface area (Å²) in [6.07, 6.45) is 1.63. The van der Waals surface area contributed by atoms with Gasteiger partial charge in [-0.15, -0.1) is 5.10 Å². The minimum atomic E-state index is 0.385. The molecule has 1 fully saturated rings. The molecule has 2 N–H and O–H groups in total. The maximum atomic E-state index is 5.70. The Kier molecular flexibility index (Phi) is 3.60. The Morgan fingerprint density at radius 1 is 1.69 bits per heavy atom. The Hall–Kier alpha value is -0.880. The predicted octanol–water partition coefficient (Wildman–Crippen LogP) is 1.05. The van der Waals surface area contributed by atoms with Gasteiger partial charge in [0.2, 0.25) is 0 Å². The first kappa shape index (κ1) is 11.6. The van der Waals surface area contributed by atoms with E-state index in [0.29, 0.717) is 11.0 Å². The first-order valence-corrected chi connectivity index (χ1v) is 6.72. The molecule has 0 spiro atoms. The van der Waals surface area contributed by atoms with E-state index in [1.165, 1.54) is 0 Å². The van der Waals surface area contributed by atoms with Gasteiger partial charge in [0.15, 0.2) is 5.82 Å². The molecule has 4 nitrogen and oxygen atoms in total. The molecule has 1 aliphatic rings. The topological polar surface area (TPSA) is 55.0 Å². The summed E-state index contributed by atoms with van der Waals surface area (Å²) in [4.78, 5) is 2.62. The third kappa shape index (κ3) is 2.27. The highest BCUT2D eigenvalue weighted by atomic mass is 32.2. The van der Waals surface area contributed by atoms with Crippen LogP contribution in [-0.4, -0.2) is 39.3 Å². The molecule has 1 unspecified atom stereocenters. The van der Waals surface area contributed by atoms with Gasteiger partial charge in [0.1, 0.15) is 4.99 Å². The Bertz CT molecular complexity index is 396. The largest absolute Gasteiger partial charge is 0.389 e. The second-order valence-corrected chi connectivity index (χ2v) is 5.34. The van der Waals surface area contributed by atoms with Crippen molar-refractivity contribution in [1.29, 1.82) is 0 Å². The van der Waals surface area contributed by atoms with Gasteiger partial charge in [-0.1, -0.05) is 12.2 Å². The van der Waals surface area contributed by atoms with Crippen molar-refractivity contribution in [3.63, 3.8) is 0 Å². The highest BCUT2D eigenvalue weighted by Crippen LogP contribution is 2.24. The quantitative estimate of drug-likeness (QED) is 0.796. The van der Waals surface area contributed by atoms with Gasteiger partial charge in [-0.25, -0.2) is 0 Å². The third-order valence-electron chi connectivity index (χ3n) is 2.61. The second kappa shape index (κ2) is 4.97. The molecule has 0 aromatic carbocycles. The van der Waals surface area contributed by atoms with E-state index in [0.717, 1.165) is 29.4 Å². The SMILES string of the molecule is CC1CSCCN1c1nnccc1C(N)=S. The van der Waals surface area contributed by atoms with Crippen LogP contribution in [0.4, 0.5) is 5.82 Å². The highest BCUT2D eigenvalue weighted by molar-refractivity contribution is 7.99. The Balaban J connectivity index is 2.34. The third-order valence-corrected chi connectivity index (χ3v) is 4.02. The number of rotatable bonds is 2. The van der Waals surface area contributed by atoms with Gasteiger partial charge < -0.3 is 10.6 Å². The standard InChI is InChI=1S/C10H14N4S2/c1-7-6-16-5-4-14(7)10-8(9(11)15)2-3-12-13-10/h2-3,7H,4-6H2,1H3,(H2,11,15). The van der Waals surface area contributed by atoms with Crippen molar-refractivity contribution in [2.45, 2.75) is 13.0 Å². The zero-order chi connectivity index (χ0) is 11.5. The molecule has 1 aromatic rings. The molecule has 2 heterocycles. The van der Waals surface area contributed by atoms with Crippen LogP contribution in [-0.2, 0) is 0 Å². The molecule has 1 aromatic heterocycles. The van der Waals surface area contributed by atoms with E-state index in [4.69, 9.17) is 18.0 Å². The molecule has 0 radical (unpaired) electrons. The smallest absolute Gasteiger partial charge is 0.161 e. The first-order chi connectivity index (χ1) is 7.70. The lowest BCUT2D eigenvalue weighted by Crippen LogP contribution is -2.42. The van der Waals surface area contributed by atoms with Gasteiger partial charge in [0.05, 0.1) is 11.8 Å². The number of hydrogen-bond donors (Lipinski definition) is 1. The fourth-order valence-corrected chi connectivity index (χ4v) is 2.94. The lowest BCUT2D eigenvalue weighted by atomic mass is 10.2. The number of nitrogens with two attached hydrogens (primary N) is 1. The Labute approximate surface area is 105 Å². The van der Waals surface area contributed by atoms with E-state index in [9.17, 15) is 0 Å². The summed E-state index contributed by atoms with van der Waals surface area (Å²) in [6, 6.07) is 2.28. The van der Waals surface area contributed by atoms with Crippen LogP contribution in [0.25, 0.3) is 0 Å². The molecule has 86 valence electrons. The van der Waals surface area contributed by atoms with Gasteiger partial charge in [0.25, 0.3) is 0 Å². The molecule has 0 aliphatic carbocycles. The maximum Gasteiger partial charge on any atom is 0.161 e. The number of thioether (sulfide) groups is 1. The monoisotopic (exact) mass is 254 g/mol. The number of anilines is 1. The molecular weight excluding hydrogens is 240 g/mol. The van der Waals surface area contributed by atoms with Crippen LogP contribution >= 0.6 is 24.0 Å². The molecule has 0 saturated carbocycles. The molecule has 1 saturated heterocycles. The number of thiocarbonyl (C=S) groups is 1. The van der Waals surface area contributed by atoms with E-state index in [-0.39, 0.29) is 0 Å². The highest BCUT2D eigenvalue weighted by Gasteiger charge is 2.23. The summed E-state index contributed by atoms with van der Waals surface area (Å²) in [7, 11) is 0. The zero-order valence-corrected chi connectivity index (χ0v) is 10.7. The van der Waals surface area contributed by atoms with Crippen molar-refractivity contribution < 1.29 is 0 Å². The van der Waals surface area contributed by atoms with Gasteiger partial charge in [0, 0.05) is 24.1 Å². The molecule has 2 rings (SSSR count). The minimum Gasteiger partial charge on any atom is -0.389 e. The first-order valence-electron chi connectivity index (χ1n) is 5.16. The molecule has 1 atom stereocenters. The lowest BCUT2D eigenvalue weighted by Gasteiger charge is -2.34. The Morgan fingerprint density at radius 3 is 3.19 bits per heavy atom. The molecule has 6 heteroatoms. The average Bonchev–Trinajstić information content (AvgIpc) is 2.29. The fraction of sp³-hybridized carbons (Fsp3) is 0.500. The molecule has 1 aliphatic heterocycles. The van der Waals surface area contributed by atoms with Crippen LogP contribution in [0.1, 0.15) is 12.5 Å². The van der Waals surface area contributed by atoms with Gasteiger partial charge in [-0.2, -0.15) is 16.9 Å². The summed E-state index contributed by atoms with van der Waals surface area (Å²) >= 11 is 7.00. The van der Waals surface area contributed by atoms with E-state index >= 15 is 0 Å². The number of hydrogen-bond acceptors (Lipinski definition) is 5. The average molecular weight is 254 g/mol. The van der Waals surface area contributed by atoms with E-state index < -0.39 is 0 Å². The van der Waals surface area contributed by atoms with Crippen LogP contribution < -0.4 is 10.6 Å². The number of aromatic nitrogens is 2. The zero-order valence-electron chi connectivity index (χ0n) is 9.09. The van der Waals surface area contributed by atoms with E-state index in [1.807, 2.05) is 17.8 Å². The van der Waals surface area contributed by atoms with Gasteiger partial charge in [-0.05, 0) is 13.0 Å². The summed E-state index contributed by atoms with van der Waals surface area (Å²) < 4.78 is 0. The molecular formula is C10H14N4S2. The maximum absolute atomic E-state index is 5.70. The van der Waals surface area contributed by atoms with Crippen LogP contribution in [0.15, 0.2) is 12.3 Å². The molecule has 0 bridgehead atoms. The van der Waals surface area contributed by atoms with Gasteiger partial charge in [-0.3, -0.25) is 0 Å². The van der Waals surface area contributed by atoms with Crippen LogP contribution in [0.2, 0.25) is 0 Å². The lowest BCUT2D eigenvalue weighted by molar-refractivity contribution is 0.682.